The van der Waals surface area contributed by atoms with E-state index in [1.807, 2.05) is 24.4 Å². The van der Waals surface area contributed by atoms with Gasteiger partial charge in [-0.3, -0.25) is 0 Å². The van der Waals surface area contributed by atoms with Crippen molar-refractivity contribution in [3.63, 3.8) is 0 Å². The molecule has 1 N–H and O–H groups in total. The van der Waals surface area contributed by atoms with E-state index in [1.54, 1.807) is 0 Å². The van der Waals surface area contributed by atoms with E-state index < -0.39 is 0 Å². The molecule has 0 aromatic carbocycles. The fourth-order valence-electron chi connectivity index (χ4n) is 2.80. The summed E-state index contributed by atoms with van der Waals surface area (Å²) < 4.78 is 8.05. The SMILES string of the molecule is CCNCC1CCCOC1c1cn2ccccc2n1. The maximum atomic E-state index is 5.99. The molecule has 0 spiro atoms. The molecular weight excluding hydrogens is 238 g/mol. The summed E-state index contributed by atoms with van der Waals surface area (Å²) >= 11 is 0. The highest BCUT2D eigenvalue weighted by Gasteiger charge is 2.28. The lowest BCUT2D eigenvalue weighted by Gasteiger charge is -2.30. The van der Waals surface area contributed by atoms with E-state index in [1.165, 1.54) is 6.42 Å². The molecule has 3 rings (SSSR count). The van der Waals surface area contributed by atoms with Crippen molar-refractivity contribution in [2.45, 2.75) is 25.9 Å². The van der Waals surface area contributed by atoms with Gasteiger partial charge in [0.15, 0.2) is 0 Å². The molecular formula is C15H21N3O. The Hall–Kier alpha value is -1.39. The second-order valence-corrected chi connectivity index (χ2v) is 5.13. The zero-order valence-electron chi connectivity index (χ0n) is 11.4. The minimum atomic E-state index is 0.132. The molecule has 4 nitrogen and oxygen atoms in total. The molecule has 19 heavy (non-hydrogen) atoms. The van der Waals surface area contributed by atoms with Gasteiger partial charge in [-0.05, 0) is 31.5 Å². The van der Waals surface area contributed by atoms with Gasteiger partial charge in [-0.1, -0.05) is 13.0 Å². The molecule has 1 saturated heterocycles. The molecule has 102 valence electrons. The Labute approximate surface area is 113 Å². The minimum Gasteiger partial charge on any atom is -0.372 e. The number of hydrogen-bond donors (Lipinski definition) is 1. The second-order valence-electron chi connectivity index (χ2n) is 5.13. The van der Waals surface area contributed by atoms with Crippen molar-refractivity contribution < 1.29 is 4.74 Å². The van der Waals surface area contributed by atoms with Crippen LogP contribution < -0.4 is 5.32 Å². The minimum absolute atomic E-state index is 0.132. The third-order valence-corrected chi connectivity index (χ3v) is 3.78. The highest BCUT2D eigenvalue weighted by Crippen LogP contribution is 2.32. The van der Waals surface area contributed by atoms with Crippen LogP contribution >= 0.6 is 0 Å². The third-order valence-electron chi connectivity index (χ3n) is 3.78. The van der Waals surface area contributed by atoms with Crippen molar-refractivity contribution >= 4 is 5.65 Å². The Balaban J connectivity index is 1.84. The molecule has 0 bridgehead atoms. The van der Waals surface area contributed by atoms with E-state index >= 15 is 0 Å². The number of hydrogen-bond acceptors (Lipinski definition) is 3. The first-order valence-corrected chi connectivity index (χ1v) is 7.14. The summed E-state index contributed by atoms with van der Waals surface area (Å²) in [5.74, 6) is 0.526. The Morgan fingerprint density at radius 1 is 1.47 bits per heavy atom. The van der Waals surface area contributed by atoms with Crippen LogP contribution in [0.15, 0.2) is 30.6 Å². The molecule has 0 aliphatic carbocycles. The number of rotatable bonds is 4. The smallest absolute Gasteiger partial charge is 0.137 e. The Bertz CT molecular complexity index is 504. The van der Waals surface area contributed by atoms with Crippen LogP contribution in [-0.2, 0) is 4.74 Å². The number of aromatic nitrogens is 2. The first kappa shape index (κ1) is 12.6. The van der Waals surface area contributed by atoms with Gasteiger partial charge in [0, 0.05) is 31.5 Å². The third kappa shape index (κ3) is 2.65. The molecule has 0 radical (unpaired) electrons. The van der Waals surface area contributed by atoms with E-state index in [0.29, 0.717) is 5.92 Å². The van der Waals surface area contributed by atoms with Gasteiger partial charge in [0.1, 0.15) is 11.8 Å². The number of fused-ring (bicyclic) bond motifs is 1. The summed E-state index contributed by atoms with van der Waals surface area (Å²) in [5.41, 5.74) is 2.06. The Morgan fingerprint density at radius 2 is 2.42 bits per heavy atom. The van der Waals surface area contributed by atoms with Crippen molar-refractivity contribution in [3.8, 4) is 0 Å². The van der Waals surface area contributed by atoms with Crippen LogP contribution in [0.25, 0.3) is 5.65 Å². The number of imidazole rings is 1. The molecule has 2 unspecified atom stereocenters. The number of pyridine rings is 1. The van der Waals surface area contributed by atoms with Crippen LogP contribution in [0.2, 0.25) is 0 Å². The van der Waals surface area contributed by atoms with Crippen LogP contribution in [0, 0.1) is 5.92 Å². The molecule has 2 aromatic heterocycles. The molecule has 0 saturated carbocycles. The van der Waals surface area contributed by atoms with Gasteiger partial charge < -0.3 is 14.5 Å². The van der Waals surface area contributed by atoms with E-state index in [4.69, 9.17) is 9.72 Å². The zero-order chi connectivity index (χ0) is 13.1. The van der Waals surface area contributed by atoms with Crippen LogP contribution in [0.3, 0.4) is 0 Å². The van der Waals surface area contributed by atoms with Crippen LogP contribution in [0.1, 0.15) is 31.6 Å². The van der Waals surface area contributed by atoms with E-state index in [0.717, 1.165) is 37.5 Å². The first-order valence-electron chi connectivity index (χ1n) is 7.14. The van der Waals surface area contributed by atoms with Gasteiger partial charge in [0.25, 0.3) is 0 Å². The van der Waals surface area contributed by atoms with E-state index in [-0.39, 0.29) is 6.10 Å². The lowest BCUT2D eigenvalue weighted by atomic mass is 9.92. The first-order chi connectivity index (χ1) is 9.38. The van der Waals surface area contributed by atoms with E-state index in [9.17, 15) is 0 Å². The van der Waals surface area contributed by atoms with Crippen molar-refractivity contribution in [3.05, 3.63) is 36.3 Å². The molecule has 2 aromatic rings. The Morgan fingerprint density at radius 3 is 3.26 bits per heavy atom. The maximum absolute atomic E-state index is 5.99. The summed E-state index contributed by atoms with van der Waals surface area (Å²) in [4.78, 5) is 4.70. The fourth-order valence-corrected chi connectivity index (χ4v) is 2.80. The summed E-state index contributed by atoms with van der Waals surface area (Å²) in [6.45, 7) is 5.01. The van der Waals surface area contributed by atoms with Crippen LogP contribution in [-0.4, -0.2) is 29.1 Å². The predicted molar refractivity (Wildman–Crippen MR) is 75.2 cm³/mol. The molecule has 0 amide bonds. The summed E-state index contributed by atoms with van der Waals surface area (Å²) in [6, 6.07) is 6.08. The zero-order valence-corrected chi connectivity index (χ0v) is 11.4. The van der Waals surface area contributed by atoms with Crippen molar-refractivity contribution in [1.29, 1.82) is 0 Å². The van der Waals surface area contributed by atoms with Crippen LogP contribution in [0.4, 0.5) is 0 Å². The lowest BCUT2D eigenvalue weighted by molar-refractivity contribution is -0.0298. The molecule has 2 atom stereocenters. The highest BCUT2D eigenvalue weighted by atomic mass is 16.5. The van der Waals surface area contributed by atoms with Crippen LogP contribution in [0.5, 0.6) is 0 Å². The van der Waals surface area contributed by atoms with Crippen molar-refractivity contribution in [2.75, 3.05) is 19.7 Å². The average Bonchev–Trinajstić information content (AvgIpc) is 2.89. The van der Waals surface area contributed by atoms with Gasteiger partial charge in [-0.25, -0.2) is 4.98 Å². The largest absolute Gasteiger partial charge is 0.372 e. The summed E-state index contributed by atoms with van der Waals surface area (Å²) in [7, 11) is 0. The van der Waals surface area contributed by atoms with E-state index in [2.05, 4.69) is 22.8 Å². The molecule has 3 heterocycles. The topological polar surface area (TPSA) is 38.6 Å². The monoisotopic (exact) mass is 259 g/mol. The molecule has 1 aliphatic rings. The maximum Gasteiger partial charge on any atom is 0.137 e. The number of nitrogens with zero attached hydrogens (tertiary/aromatic N) is 2. The average molecular weight is 259 g/mol. The molecule has 1 fully saturated rings. The Kier molecular flexibility index (Phi) is 3.80. The lowest BCUT2D eigenvalue weighted by Crippen LogP contribution is -2.32. The van der Waals surface area contributed by atoms with Gasteiger partial charge in [-0.2, -0.15) is 0 Å². The molecule has 4 heteroatoms. The van der Waals surface area contributed by atoms with Gasteiger partial charge in [0.05, 0.1) is 5.69 Å². The summed E-state index contributed by atoms with van der Waals surface area (Å²) in [5, 5.41) is 3.44. The fraction of sp³-hybridized carbons (Fsp3) is 0.533. The van der Waals surface area contributed by atoms with Gasteiger partial charge >= 0.3 is 0 Å². The number of ether oxygens (including phenoxy) is 1. The second kappa shape index (κ2) is 5.72. The number of nitrogens with one attached hydrogen (secondary N) is 1. The molecule has 1 aliphatic heterocycles. The van der Waals surface area contributed by atoms with Crippen molar-refractivity contribution in [2.24, 2.45) is 5.92 Å². The quantitative estimate of drug-likeness (QED) is 0.916. The van der Waals surface area contributed by atoms with Crippen molar-refractivity contribution in [1.82, 2.24) is 14.7 Å². The standard InChI is InChI=1S/C15H21N3O/c1-2-16-10-12-6-5-9-19-15(12)13-11-18-8-4-3-7-14(18)17-13/h3-4,7-8,11-12,15-16H,2,5-6,9-10H2,1H3. The summed E-state index contributed by atoms with van der Waals surface area (Å²) in [6.07, 6.45) is 6.64. The van der Waals surface area contributed by atoms with Gasteiger partial charge in [-0.15, -0.1) is 0 Å². The highest BCUT2D eigenvalue weighted by molar-refractivity contribution is 5.39. The normalized spacial score (nSPS) is 23.8. The predicted octanol–water partition coefficient (Wildman–Crippen LogP) is 2.41. The van der Waals surface area contributed by atoms with Gasteiger partial charge in [0.2, 0.25) is 0 Å².